The quantitative estimate of drug-likeness (QED) is 0.0199. The molecule has 19 nitrogen and oxygen atoms in total. The predicted molar refractivity (Wildman–Crippen MR) is 369 cm³/mol. The van der Waals surface area contributed by atoms with Crippen LogP contribution in [0.4, 0.5) is 0 Å². The Balaban J connectivity index is 1.48. The highest BCUT2D eigenvalue weighted by atomic mass is 16.8. The van der Waals surface area contributed by atoms with E-state index in [1.807, 2.05) is 18.2 Å². The Bertz CT molecular complexity index is 2270. The number of ether oxygens (including phenoxy) is 6. The van der Waals surface area contributed by atoms with E-state index < -0.39 is 131 Å². The lowest BCUT2D eigenvalue weighted by Crippen LogP contribution is -2.66. The first-order valence-corrected chi connectivity index (χ1v) is 35.1. The van der Waals surface area contributed by atoms with E-state index in [1.165, 1.54) is 64.2 Å². The zero-order valence-electron chi connectivity index (χ0n) is 56.4. The summed E-state index contributed by atoms with van der Waals surface area (Å²) in [4.78, 5) is 13.4. The van der Waals surface area contributed by atoms with Gasteiger partial charge in [0.15, 0.2) is 18.9 Å². The lowest BCUT2D eigenvalue weighted by atomic mass is 9.96. The molecule has 0 saturated carbocycles. The number of hydrogen-bond donors (Lipinski definition) is 12. The molecule has 0 radical (unpaired) electrons. The van der Waals surface area contributed by atoms with E-state index in [-0.39, 0.29) is 12.3 Å². The van der Waals surface area contributed by atoms with Crippen molar-refractivity contribution in [2.24, 2.45) is 0 Å². The molecule has 19 heteroatoms. The number of unbranched alkanes of at least 4 members (excludes halogenated alkanes) is 13. The van der Waals surface area contributed by atoms with Crippen LogP contribution >= 0.6 is 0 Å². The highest BCUT2D eigenvalue weighted by molar-refractivity contribution is 5.76. The predicted octanol–water partition coefficient (Wildman–Crippen LogP) is 9.54. The number of allylic oxidation sites excluding steroid dienone is 23. The van der Waals surface area contributed by atoms with Gasteiger partial charge in [-0.25, -0.2) is 0 Å². The van der Waals surface area contributed by atoms with Gasteiger partial charge in [0.05, 0.1) is 38.6 Å². The van der Waals surface area contributed by atoms with Gasteiger partial charge in [-0.3, -0.25) is 4.79 Å². The molecular weight excluding hydrogens is 1200 g/mol. The van der Waals surface area contributed by atoms with E-state index in [0.29, 0.717) is 19.3 Å². The number of aliphatic hydroxyl groups excluding tert-OH is 11. The van der Waals surface area contributed by atoms with E-state index in [1.54, 1.807) is 6.08 Å². The third-order valence-corrected chi connectivity index (χ3v) is 16.3. The summed E-state index contributed by atoms with van der Waals surface area (Å²) >= 11 is 0. The molecule has 534 valence electrons. The third kappa shape index (κ3) is 35.8. The van der Waals surface area contributed by atoms with Gasteiger partial charge in [0.25, 0.3) is 0 Å². The molecule has 0 spiro atoms. The fourth-order valence-corrected chi connectivity index (χ4v) is 10.7. The molecule has 0 aliphatic carbocycles. The zero-order chi connectivity index (χ0) is 68.2. The van der Waals surface area contributed by atoms with Gasteiger partial charge in [-0.05, 0) is 109 Å². The van der Waals surface area contributed by atoms with Crippen molar-refractivity contribution >= 4 is 5.91 Å². The van der Waals surface area contributed by atoms with Crippen LogP contribution in [0.3, 0.4) is 0 Å². The Morgan fingerprint density at radius 2 is 0.745 bits per heavy atom. The van der Waals surface area contributed by atoms with Gasteiger partial charge in [0.1, 0.15) is 73.2 Å². The SMILES string of the molecule is CC/C=C\C/C=C\C/C=C\C/C=C\C/C=C\C/C=C\C/C=C\C/C=C\C/C=C\CCCC(=O)NC(COC1OC(CO)C(OC2OC(CO)C(OC3OC(CO)C(O)C(O)C3O)C(O)C2O)C(O)C1O)C(O)/C=C/CC/C=C/CC/C=C/CCCCCCCCCCCC. The van der Waals surface area contributed by atoms with Crippen LogP contribution < -0.4 is 5.32 Å². The number of rotatable bonds is 51. The highest BCUT2D eigenvalue weighted by Crippen LogP contribution is 2.33. The summed E-state index contributed by atoms with van der Waals surface area (Å²) in [5.74, 6) is -0.354. The van der Waals surface area contributed by atoms with E-state index in [2.05, 4.69) is 141 Å². The van der Waals surface area contributed by atoms with Crippen LogP contribution in [0.25, 0.3) is 0 Å². The number of amides is 1. The Morgan fingerprint density at radius 3 is 1.19 bits per heavy atom. The maximum Gasteiger partial charge on any atom is 0.220 e. The molecule has 1 amide bonds. The Kier molecular flexibility index (Phi) is 48.8. The first-order chi connectivity index (χ1) is 45.8. The van der Waals surface area contributed by atoms with Gasteiger partial charge in [0, 0.05) is 6.42 Å². The molecule has 3 heterocycles. The number of carbonyl (C=O) groups excluding carboxylic acids is 1. The van der Waals surface area contributed by atoms with E-state index in [0.717, 1.165) is 83.5 Å². The summed E-state index contributed by atoms with van der Waals surface area (Å²) in [5, 5.41) is 120. The number of hydrogen-bond acceptors (Lipinski definition) is 18. The van der Waals surface area contributed by atoms with Crippen molar-refractivity contribution in [2.45, 2.75) is 291 Å². The van der Waals surface area contributed by atoms with E-state index in [9.17, 15) is 61.0 Å². The van der Waals surface area contributed by atoms with Gasteiger partial charge in [-0.1, -0.05) is 217 Å². The molecular formula is C75H121NO18. The van der Waals surface area contributed by atoms with E-state index in [4.69, 9.17) is 28.4 Å². The molecule has 3 rings (SSSR count). The van der Waals surface area contributed by atoms with Gasteiger partial charge < -0.3 is 89.9 Å². The van der Waals surface area contributed by atoms with Gasteiger partial charge in [-0.2, -0.15) is 0 Å². The molecule has 17 unspecified atom stereocenters. The van der Waals surface area contributed by atoms with Crippen molar-refractivity contribution in [3.8, 4) is 0 Å². The first kappa shape index (κ1) is 83.9. The number of carbonyl (C=O) groups is 1. The van der Waals surface area contributed by atoms with Crippen molar-refractivity contribution in [1.29, 1.82) is 0 Å². The van der Waals surface area contributed by atoms with Crippen LogP contribution in [0, 0.1) is 0 Å². The molecule has 0 aromatic carbocycles. The van der Waals surface area contributed by atoms with Crippen LogP contribution in [-0.4, -0.2) is 193 Å². The number of aliphatic hydroxyl groups is 11. The van der Waals surface area contributed by atoms with Crippen molar-refractivity contribution < 1.29 is 89.4 Å². The molecule has 0 aromatic heterocycles. The normalized spacial score (nSPS) is 28.3. The average Bonchev–Trinajstić information content (AvgIpc) is 0.787. The second kappa shape index (κ2) is 54.7. The molecule has 17 atom stereocenters. The molecule has 3 saturated heterocycles. The topological polar surface area (TPSA) is 307 Å². The molecule has 12 N–H and O–H groups in total. The third-order valence-electron chi connectivity index (χ3n) is 16.3. The van der Waals surface area contributed by atoms with Gasteiger partial charge >= 0.3 is 0 Å². The van der Waals surface area contributed by atoms with Crippen molar-refractivity contribution in [1.82, 2.24) is 5.32 Å². The summed E-state index contributed by atoms with van der Waals surface area (Å²) in [7, 11) is 0. The van der Waals surface area contributed by atoms with Crippen LogP contribution in [-0.2, 0) is 33.2 Å². The Morgan fingerprint density at radius 1 is 0.394 bits per heavy atom. The fraction of sp³-hybridized carbons (Fsp3) is 0.667. The molecule has 0 aromatic rings. The summed E-state index contributed by atoms with van der Waals surface area (Å²) in [6, 6.07) is -1.04. The van der Waals surface area contributed by atoms with Crippen LogP contribution in [0.5, 0.6) is 0 Å². The molecule has 3 aliphatic heterocycles. The van der Waals surface area contributed by atoms with Crippen molar-refractivity contribution in [3.63, 3.8) is 0 Å². The highest BCUT2D eigenvalue weighted by Gasteiger charge is 2.53. The maximum absolute atomic E-state index is 13.4. The first-order valence-electron chi connectivity index (χ1n) is 35.1. The van der Waals surface area contributed by atoms with Crippen molar-refractivity contribution in [3.05, 3.63) is 146 Å². The lowest BCUT2D eigenvalue weighted by molar-refractivity contribution is -0.379. The molecule has 0 bridgehead atoms. The summed E-state index contributed by atoms with van der Waals surface area (Å²) in [5.41, 5.74) is 0. The lowest BCUT2D eigenvalue weighted by Gasteiger charge is -2.48. The van der Waals surface area contributed by atoms with Crippen LogP contribution in [0.1, 0.15) is 187 Å². The summed E-state index contributed by atoms with van der Waals surface area (Å²) in [6.07, 6.45) is 51.1. The maximum atomic E-state index is 13.4. The minimum Gasteiger partial charge on any atom is -0.394 e. The fourth-order valence-electron chi connectivity index (χ4n) is 10.7. The Labute approximate surface area is 562 Å². The number of nitrogens with one attached hydrogen (secondary N) is 1. The zero-order valence-corrected chi connectivity index (χ0v) is 56.4. The van der Waals surface area contributed by atoms with Gasteiger partial charge in [0.2, 0.25) is 5.91 Å². The Hall–Kier alpha value is -4.33. The largest absolute Gasteiger partial charge is 0.394 e. The van der Waals surface area contributed by atoms with Crippen LogP contribution in [0.2, 0.25) is 0 Å². The second-order valence-corrected chi connectivity index (χ2v) is 24.2. The molecule has 3 fully saturated rings. The van der Waals surface area contributed by atoms with E-state index >= 15 is 0 Å². The summed E-state index contributed by atoms with van der Waals surface area (Å²) in [6.45, 7) is 1.52. The van der Waals surface area contributed by atoms with Crippen molar-refractivity contribution in [2.75, 3.05) is 26.4 Å². The smallest absolute Gasteiger partial charge is 0.220 e. The van der Waals surface area contributed by atoms with Crippen LogP contribution in [0.15, 0.2) is 146 Å². The second-order valence-electron chi connectivity index (χ2n) is 24.2. The standard InChI is InChI=1S/C75H121NO18/c1-3-5-7-9-11-13-15-17-19-21-23-25-26-27-28-29-30-31-32-33-35-37-39-41-43-45-47-49-51-53-63(81)76-58(59(80)52-50-48-46-44-42-40-38-36-34-24-22-20-18-16-14-12-10-8-6-4-2)57-89-73-69(87)66(84)71(61(55-78)91-73)94-75-70(88)67(85)72(62(56-79)92-75)93-74-68(86)65(83)64(82)60(54-77)90-74/h5,7,11,13,17,19,23,25,27-28,30-31,33-36,39,41-42,44-45,47,50,52,58-62,64-75,77-80,82-88H,3-4,6,8-10,12,14-16,18,20-22,24,26,29,32,37-38,40,43,46,48-49,51,53-57H2,1-2H3,(H,76,81)/b7-5-,13-11-,19-17-,25-23-,28-27-,31-30-,35-33-,36-34+,41-39-,44-42+,47-45-,52-50+. The average molecular weight is 1320 g/mol. The summed E-state index contributed by atoms with van der Waals surface area (Å²) < 4.78 is 34.3. The molecule has 3 aliphatic rings. The minimum atomic E-state index is -2.00. The minimum absolute atomic E-state index is 0.141. The van der Waals surface area contributed by atoms with Gasteiger partial charge in [-0.15, -0.1) is 0 Å². The molecule has 94 heavy (non-hydrogen) atoms. The monoisotopic (exact) mass is 1320 g/mol.